The van der Waals surface area contributed by atoms with E-state index in [1.54, 1.807) is 11.8 Å². The van der Waals surface area contributed by atoms with Gasteiger partial charge in [-0.15, -0.1) is 11.8 Å². The zero-order valence-electron chi connectivity index (χ0n) is 17.8. The summed E-state index contributed by atoms with van der Waals surface area (Å²) in [5.41, 5.74) is -4.59. The minimum atomic E-state index is -5.97. The van der Waals surface area contributed by atoms with E-state index >= 15 is 0 Å². The number of benzene rings is 2. The molecular formula is C23H22F6N2O2S. The summed E-state index contributed by atoms with van der Waals surface area (Å²) in [7, 11) is 0. The molecule has 2 aromatic carbocycles. The molecule has 1 saturated carbocycles. The topological polar surface area (TPSA) is 61.4 Å². The monoisotopic (exact) mass is 504 g/mol. The Balaban J connectivity index is 1.48. The highest BCUT2D eigenvalue weighted by molar-refractivity contribution is 7.99. The van der Waals surface area contributed by atoms with E-state index in [2.05, 4.69) is 16.7 Å². The van der Waals surface area contributed by atoms with Crippen molar-refractivity contribution in [2.45, 2.75) is 48.2 Å². The second kappa shape index (κ2) is 9.09. The summed E-state index contributed by atoms with van der Waals surface area (Å²) in [4.78, 5) is 14.0. The van der Waals surface area contributed by atoms with E-state index in [4.69, 9.17) is 0 Å². The third-order valence-corrected chi connectivity index (χ3v) is 7.23. The summed E-state index contributed by atoms with van der Waals surface area (Å²) >= 11 is 1.78. The van der Waals surface area contributed by atoms with Crippen LogP contribution in [0.3, 0.4) is 0 Å². The maximum absolute atomic E-state index is 13.0. The van der Waals surface area contributed by atoms with Gasteiger partial charge < -0.3 is 15.7 Å². The molecule has 1 aliphatic heterocycles. The minimum Gasteiger partial charge on any atom is -0.369 e. The van der Waals surface area contributed by atoms with E-state index in [9.17, 15) is 36.2 Å². The second-order valence-electron chi connectivity index (χ2n) is 8.52. The highest BCUT2D eigenvalue weighted by Crippen LogP contribution is 2.50. The molecule has 0 saturated heterocycles. The van der Waals surface area contributed by atoms with Crippen molar-refractivity contribution in [2.24, 2.45) is 5.92 Å². The number of halogens is 6. The summed E-state index contributed by atoms with van der Waals surface area (Å²) in [5, 5.41) is 15.1. The molecule has 1 amide bonds. The van der Waals surface area contributed by atoms with Crippen LogP contribution in [0.1, 0.15) is 35.6 Å². The molecule has 4 rings (SSSR count). The van der Waals surface area contributed by atoms with Crippen LogP contribution >= 0.6 is 11.8 Å². The number of nitrogens with one attached hydrogen (secondary N) is 2. The van der Waals surface area contributed by atoms with E-state index in [0.717, 1.165) is 46.2 Å². The van der Waals surface area contributed by atoms with Gasteiger partial charge in [0.15, 0.2) is 0 Å². The number of carbonyl (C=O) groups is 1. The average Bonchev–Trinajstić information content (AvgIpc) is 3.60. The van der Waals surface area contributed by atoms with Crippen LogP contribution in [0.2, 0.25) is 0 Å². The lowest BCUT2D eigenvalue weighted by Crippen LogP contribution is -2.53. The molecule has 184 valence electrons. The van der Waals surface area contributed by atoms with Gasteiger partial charge in [0.25, 0.3) is 5.60 Å². The van der Waals surface area contributed by atoms with Crippen LogP contribution in [0.4, 0.5) is 32.0 Å². The Morgan fingerprint density at radius 1 is 1.03 bits per heavy atom. The second-order valence-corrected chi connectivity index (χ2v) is 9.62. The number of fused-ring (bicyclic) bond motifs is 1. The first kappa shape index (κ1) is 24.9. The quantitative estimate of drug-likeness (QED) is 0.368. The summed E-state index contributed by atoms with van der Waals surface area (Å²) in [6.45, 7) is 0.547. The fourth-order valence-electron chi connectivity index (χ4n) is 3.86. The Hall–Kier alpha value is -2.24. The zero-order chi connectivity index (χ0) is 24.7. The lowest BCUT2D eigenvalue weighted by molar-refractivity contribution is -0.376. The Kier molecular flexibility index (Phi) is 6.65. The van der Waals surface area contributed by atoms with E-state index in [0.29, 0.717) is 18.7 Å². The van der Waals surface area contributed by atoms with Crippen molar-refractivity contribution in [1.29, 1.82) is 0 Å². The van der Waals surface area contributed by atoms with Crippen LogP contribution in [0.25, 0.3) is 0 Å². The largest absolute Gasteiger partial charge is 0.430 e. The Bertz CT molecular complexity index is 1040. The molecule has 0 bridgehead atoms. The van der Waals surface area contributed by atoms with Crippen molar-refractivity contribution in [2.75, 3.05) is 17.6 Å². The number of anilines is 1. The van der Waals surface area contributed by atoms with Crippen LogP contribution in [-0.4, -0.2) is 35.7 Å². The highest BCUT2D eigenvalue weighted by Gasteiger charge is 2.71. The summed E-state index contributed by atoms with van der Waals surface area (Å²) in [6, 6.07) is 7.97. The van der Waals surface area contributed by atoms with Gasteiger partial charge in [-0.3, -0.25) is 4.79 Å². The van der Waals surface area contributed by atoms with Crippen molar-refractivity contribution in [3.63, 3.8) is 0 Å². The fraction of sp³-hybridized carbons (Fsp3) is 0.435. The highest BCUT2D eigenvalue weighted by atomic mass is 32.2. The predicted molar refractivity (Wildman–Crippen MR) is 115 cm³/mol. The molecule has 1 fully saturated rings. The van der Waals surface area contributed by atoms with Gasteiger partial charge in [0.2, 0.25) is 5.91 Å². The number of hydrogen-bond donors (Lipinski definition) is 3. The van der Waals surface area contributed by atoms with Gasteiger partial charge in [0, 0.05) is 28.4 Å². The molecule has 1 aliphatic carbocycles. The van der Waals surface area contributed by atoms with Gasteiger partial charge in [0.1, 0.15) is 6.04 Å². The molecule has 11 heteroatoms. The van der Waals surface area contributed by atoms with Crippen LogP contribution in [0.15, 0.2) is 47.4 Å². The molecule has 0 radical (unpaired) electrons. The summed E-state index contributed by atoms with van der Waals surface area (Å²) < 4.78 is 78.3. The lowest BCUT2D eigenvalue weighted by atomic mass is 9.92. The molecule has 34 heavy (non-hydrogen) atoms. The van der Waals surface area contributed by atoms with Crippen molar-refractivity contribution in [3.05, 3.63) is 59.2 Å². The van der Waals surface area contributed by atoms with E-state index in [1.807, 2.05) is 12.1 Å². The number of hydrogen-bond acceptors (Lipinski definition) is 4. The van der Waals surface area contributed by atoms with Gasteiger partial charge in [-0.25, -0.2) is 0 Å². The third kappa shape index (κ3) is 4.92. The number of aliphatic hydroxyl groups is 1. The summed E-state index contributed by atoms with van der Waals surface area (Å²) in [5.74, 6) is 1.35. The number of thioether (sulfide) groups is 1. The smallest absolute Gasteiger partial charge is 0.369 e. The molecular weight excluding hydrogens is 482 g/mol. The number of alkyl halides is 6. The zero-order valence-corrected chi connectivity index (χ0v) is 18.6. The van der Waals surface area contributed by atoms with Crippen molar-refractivity contribution in [3.8, 4) is 0 Å². The Morgan fingerprint density at radius 3 is 2.26 bits per heavy atom. The van der Waals surface area contributed by atoms with Crippen LogP contribution < -0.4 is 10.6 Å². The van der Waals surface area contributed by atoms with Crippen molar-refractivity contribution < 1.29 is 36.2 Å². The van der Waals surface area contributed by atoms with Gasteiger partial charge in [-0.1, -0.05) is 18.2 Å². The van der Waals surface area contributed by atoms with Gasteiger partial charge >= 0.3 is 12.4 Å². The molecule has 4 nitrogen and oxygen atoms in total. The number of amides is 1. The number of carbonyl (C=O) groups excluding carboxylic acids is 1. The number of rotatable bonds is 6. The van der Waals surface area contributed by atoms with Crippen LogP contribution in [0.5, 0.6) is 0 Å². The van der Waals surface area contributed by atoms with E-state index in [1.165, 1.54) is 12.8 Å². The van der Waals surface area contributed by atoms with Gasteiger partial charge in [0.05, 0.1) is 0 Å². The average molecular weight is 504 g/mol. The molecule has 1 heterocycles. The fourth-order valence-corrected chi connectivity index (χ4v) is 5.01. The third-order valence-electron chi connectivity index (χ3n) is 6.00. The van der Waals surface area contributed by atoms with Crippen molar-refractivity contribution >= 4 is 23.4 Å². The maximum atomic E-state index is 13.0. The SMILES string of the molecule is O=C(Nc1ccc(C(O)(C(F)(F)F)C(F)(F)F)cc1)C1NCCc2cc(SCC3CC3)ccc21. The molecule has 0 spiro atoms. The van der Waals surface area contributed by atoms with E-state index < -0.39 is 35.5 Å². The minimum absolute atomic E-state index is 0.00554. The van der Waals surface area contributed by atoms with Crippen LogP contribution in [-0.2, 0) is 16.8 Å². The first-order valence-corrected chi connectivity index (χ1v) is 11.6. The first-order chi connectivity index (χ1) is 15.9. The molecule has 2 aliphatic rings. The van der Waals surface area contributed by atoms with Crippen molar-refractivity contribution in [1.82, 2.24) is 5.32 Å². The molecule has 3 N–H and O–H groups in total. The predicted octanol–water partition coefficient (Wildman–Crippen LogP) is 5.33. The Morgan fingerprint density at radius 2 is 1.68 bits per heavy atom. The van der Waals surface area contributed by atoms with Gasteiger partial charge in [-0.05, 0) is 60.6 Å². The maximum Gasteiger partial charge on any atom is 0.430 e. The molecule has 1 atom stereocenters. The van der Waals surface area contributed by atoms with Crippen LogP contribution in [0, 0.1) is 5.92 Å². The Labute approximate surface area is 196 Å². The standard InChI is InChI=1S/C23H22F6N2O2S/c24-22(25,26)21(33,23(27,28)29)15-3-5-16(6-4-15)31-20(32)19-18-8-7-17(34-12-13-1-2-13)11-14(18)9-10-30-19/h3-8,11,13,19,30,33H,1-2,9-10,12H2,(H,31,32). The molecule has 1 unspecified atom stereocenters. The summed E-state index contributed by atoms with van der Waals surface area (Å²) in [6.07, 6.45) is -8.68. The first-order valence-electron chi connectivity index (χ1n) is 10.7. The van der Waals surface area contributed by atoms with Gasteiger partial charge in [-0.2, -0.15) is 26.3 Å². The molecule has 2 aromatic rings. The van der Waals surface area contributed by atoms with E-state index in [-0.39, 0.29) is 5.69 Å². The normalized spacial score (nSPS) is 19.0. The molecule has 0 aromatic heterocycles. The lowest BCUT2D eigenvalue weighted by Gasteiger charge is -2.32.